The molecule has 0 fully saturated rings. The summed E-state index contributed by atoms with van der Waals surface area (Å²) in [5, 5.41) is 10.1. The van der Waals surface area contributed by atoms with Crippen LogP contribution in [0.15, 0.2) is 109 Å². The van der Waals surface area contributed by atoms with Gasteiger partial charge in [-0.05, 0) is 28.8 Å². The van der Waals surface area contributed by atoms with Crippen molar-refractivity contribution in [2.24, 2.45) is 0 Å². The van der Waals surface area contributed by atoms with Gasteiger partial charge in [0.2, 0.25) is 0 Å². The molecule has 0 amide bonds. The maximum absolute atomic E-state index is 10.1. The van der Waals surface area contributed by atoms with E-state index in [2.05, 4.69) is 0 Å². The van der Waals surface area contributed by atoms with E-state index >= 15 is 0 Å². The third-order valence-electron chi connectivity index (χ3n) is 6.20. The summed E-state index contributed by atoms with van der Waals surface area (Å²) in [5.74, 6) is 0.726. The summed E-state index contributed by atoms with van der Waals surface area (Å²) in [6.07, 6.45) is -1.24. The predicted molar refractivity (Wildman–Crippen MR) is 138 cm³/mol. The molecule has 5 heteroatoms. The average Bonchev–Trinajstić information content (AvgIpc) is 2.92. The van der Waals surface area contributed by atoms with E-state index in [1.54, 1.807) is 12.1 Å². The first kappa shape index (κ1) is 24.1. The van der Waals surface area contributed by atoms with Gasteiger partial charge in [-0.3, -0.25) is 0 Å². The number of hydrogen-bond donors (Lipinski definition) is 1. The van der Waals surface area contributed by atoms with Gasteiger partial charge in [-0.15, -0.1) is 0 Å². The molecule has 4 aromatic carbocycles. The molecule has 5 rings (SSSR count). The van der Waals surface area contributed by atoms with E-state index in [4.69, 9.17) is 18.9 Å². The van der Waals surface area contributed by atoms with E-state index in [0.29, 0.717) is 32.2 Å². The lowest BCUT2D eigenvalue weighted by Crippen LogP contribution is -2.46. The molecule has 36 heavy (non-hydrogen) atoms. The molecular weight excluding hydrogens is 452 g/mol. The van der Waals surface area contributed by atoms with Gasteiger partial charge in [0.15, 0.2) is 6.10 Å². The fourth-order valence-corrected chi connectivity index (χ4v) is 4.36. The van der Waals surface area contributed by atoms with Crippen molar-refractivity contribution in [1.29, 1.82) is 0 Å². The van der Waals surface area contributed by atoms with Gasteiger partial charge >= 0.3 is 0 Å². The van der Waals surface area contributed by atoms with Crippen LogP contribution in [0.4, 0.5) is 0 Å². The fraction of sp³-hybridized carbons (Fsp3) is 0.226. The second-order valence-corrected chi connectivity index (χ2v) is 8.86. The van der Waals surface area contributed by atoms with Crippen LogP contribution < -0.4 is 4.74 Å². The molecule has 4 aromatic rings. The Kier molecular flexibility index (Phi) is 7.93. The summed E-state index contributed by atoms with van der Waals surface area (Å²) in [6.45, 7) is 1.63. The molecule has 0 radical (unpaired) electrons. The summed E-state index contributed by atoms with van der Waals surface area (Å²) in [6, 6.07) is 35.3. The number of hydrogen-bond acceptors (Lipinski definition) is 5. The quantitative estimate of drug-likeness (QED) is 0.291. The predicted octanol–water partition coefficient (Wildman–Crippen LogP) is 6.21. The van der Waals surface area contributed by atoms with Gasteiger partial charge in [0, 0.05) is 11.6 Å². The zero-order valence-corrected chi connectivity index (χ0v) is 20.0. The number of phenolic OH excluding ortho intramolecular Hbond substituents is 1. The van der Waals surface area contributed by atoms with Gasteiger partial charge in [-0.1, -0.05) is 91.0 Å². The number of rotatable bonds is 10. The van der Waals surface area contributed by atoms with Crippen molar-refractivity contribution in [2.45, 2.75) is 38.1 Å². The number of ether oxygens (including phenoxy) is 4. The first-order chi connectivity index (χ1) is 17.8. The van der Waals surface area contributed by atoms with Crippen LogP contribution in [0, 0.1) is 0 Å². The van der Waals surface area contributed by atoms with E-state index < -0.39 is 18.3 Å². The molecule has 0 spiro atoms. The number of fused-ring (bicyclic) bond motifs is 1. The molecule has 0 saturated carbocycles. The monoisotopic (exact) mass is 482 g/mol. The molecule has 0 saturated heterocycles. The summed E-state index contributed by atoms with van der Waals surface area (Å²) in [4.78, 5) is 0. The van der Waals surface area contributed by atoms with Crippen LogP contribution in [-0.4, -0.2) is 23.9 Å². The highest BCUT2D eigenvalue weighted by Crippen LogP contribution is 2.41. The molecule has 0 aromatic heterocycles. The maximum Gasteiger partial charge on any atom is 0.151 e. The van der Waals surface area contributed by atoms with Gasteiger partial charge in [0.05, 0.1) is 26.4 Å². The Balaban J connectivity index is 1.39. The van der Waals surface area contributed by atoms with Crippen molar-refractivity contribution >= 4 is 0 Å². The Morgan fingerprint density at radius 3 is 1.81 bits per heavy atom. The minimum atomic E-state index is -0.424. The van der Waals surface area contributed by atoms with Crippen LogP contribution in [-0.2, 0) is 34.0 Å². The number of aromatic hydroxyl groups is 1. The molecule has 0 aliphatic carbocycles. The van der Waals surface area contributed by atoms with Crippen molar-refractivity contribution < 1.29 is 24.1 Å². The number of benzene rings is 4. The van der Waals surface area contributed by atoms with Crippen molar-refractivity contribution in [3.8, 4) is 11.5 Å². The smallest absolute Gasteiger partial charge is 0.151 e. The van der Waals surface area contributed by atoms with Crippen molar-refractivity contribution in [2.75, 3.05) is 6.61 Å². The Labute approximate surface area is 211 Å². The van der Waals surface area contributed by atoms with Crippen LogP contribution in [0.1, 0.15) is 28.4 Å². The third kappa shape index (κ3) is 6.13. The van der Waals surface area contributed by atoms with Crippen molar-refractivity contribution in [3.63, 3.8) is 0 Å². The van der Waals surface area contributed by atoms with Crippen molar-refractivity contribution in [3.05, 3.63) is 131 Å². The lowest BCUT2D eigenvalue weighted by Gasteiger charge is -2.39. The van der Waals surface area contributed by atoms with Gasteiger partial charge in [-0.2, -0.15) is 0 Å². The molecule has 184 valence electrons. The molecule has 5 nitrogen and oxygen atoms in total. The van der Waals surface area contributed by atoms with Gasteiger partial charge < -0.3 is 24.1 Å². The molecule has 1 aliphatic heterocycles. The van der Waals surface area contributed by atoms with E-state index in [1.807, 2.05) is 97.1 Å². The fourth-order valence-electron chi connectivity index (χ4n) is 4.36. The molecule has 1 heterocycles. The summed E-state index contributed by atoms with van der Waals surface area (Å²) in [7, 11) is 0. The second kappa shape index (κ2) is 11.9. The molecule has 1 aliphatic rings. The average molecular weight is 483 g/mol. The van der Waals surface area contributed by atoms with Crippen LogP contribution in [0.3, 0.4) is 0 Å². The van der Waals surface area contributed by atoms with Gasteiger partial charge in [-0.25, -0.2) is 0 Å². The second-order valence-electron chi connectivity index (χ2n) is 8.86. The summed E-state index contributed by atoms with van der Waals surface area (Å²) >= 11 is 0. The highest BCUT2D eigenvalue weighted by Gasteiger charge is 2.40. The molecule has 0 unspecified atom stereocenters. The Bertz CT molecular complexity index is 1210. The zero-order chi connectivity index (χ0) is 24.6. The molecular formula is C31H30O5. The first-order valence-electron chi connectivity index (χ1n) is 12.2. The Hall–Kier alpha value is -3.64. The third-order valence-corrected chi connectivity index (χ3v) is 6.20. The Morgan fingerprint density at radius 1 is 0.639 bits per heavy atom. The molecule has 3 atom stereocenters. The highest BCUT2D eigenvalue weighted by atomic mass is 16.6. The van der Waals surface area contributed by atoms with Crippen molar-refractivity contribution in [1.82, 2.24) is 0 Å². The van der Waals surface area contributed by atoms with E-state index in [1.165, 1.54) is 0 Å². The van der Waals surface area contributed by atoms with E-state index in [-0.39, 0.29) is 5.75 Å². The number of phenols is 1. The lowest BCUT2D eigenvalue weighted by atomic mass is 9.95. The summed E-state index contributed by atoms with van der Waals surface area (Å²) in [5.41, 5.74) is 4.08. The van der Waals surface area contributed by atoms with Crippen LogP contribution in [0.5, 0.6) is 11.5 Å². The standard InChI is InChI=1S/C31H30O5/c32-26-16-17-27-28(18-26)36-29(22-33-19-23-10-4-1-5-11-23)31(35-21-25-14-8-3-9-15-25)30(27)34-20-24-12-6-2-7-13-24/h1-18,29-32H,19-22H2/t29-,30-,31+/m1/s1. The van der Waals surface area contributed by atoms with E-state index in [9.17, 15) is 5.11 Å². The van der Waals surface area contributed by atoms with Crippen LogP contribution in [0.25, 0.3) is 0 Å². The van der Waals surface area contributed by atoms with Gasteiger partial charge in [0.25, 0.3) is 0 Å². The normalized spacial score (nSPS) is 18.8. The topological polar surface area (TPSA) is 57.2 Å². The van der Waals surface area contributed by atoms with Crippen LogP contribution >= 0.6 is 0 Å². The lowest BCUT2D eigenvalue weighted by molar-refractivity contribution is -0.155. The minimum Gasteiger partial charge on any atom is -0.508 e. The first-order valence-corrected chi connectivity index (χ1v) is 12.2. The van der Waals surface area contributed by atoms with Gasteiger partial charge in [0.1, 0.15) is 23.7 Å². The highest BCUT2D eigenvalue weighted by molar-refractivity contribution is 5.44. The largest absolute Gasteiger partial charge is 0.508 e. The van der Waals surface area contributed by atoms with Crippen LogP contribution in [0.2, 0.25) is 0 Å². The Morgan fingerprint density at radius 2 is 1.19 bits per heavy atom. The SMILES string of the molecule is Oc1ccc2c(c1)O[C@H](COCc1ccccc1)[C@H](OCc1ccccc1)[C@@H]2OCc1ccccc1. The minimum absolute atomic E-state index is 0.142. The zero-order valence-electron chi connectivity index (χ0n) is 20.0. The molecule has 1 N–H and O–H groups in total. The summed E-state index contributed by atoms with van der Waals surface area (Å²) < 4.78 is 25.4. The maximum atomic E-state index is 10.1. The van der Waals surface area contributed by atoms with E-state index in [0.717, 1.165) is 22.3 Å². The molecule has 0 bridgehead atoms.